The lowest BCUT2D eigenvalue weighted by Gasteiger charge is -2.30. The molecule has 0 bridgehead atoms. The van der Waals surface area contributed by atoms with E-state index in [-0.39, 0.29) is 35.8 Å². The second-order valence-corrected chi connectivity index (χ2v) is 6.88. The summed E-state index contributed by atoms with van der Waals surface area (Å²) in [5.74, 6) is 1.66. The number of aromatic nitrogens is 3. The van der Waals surface area contributed by atoms with Crippen molar-refractivity contribution in [3.8, 4) is 0 Å². The number of nitrogens with one attached hydrogen (secondary N) is 2. The van der Waals surface area contributed by atoms with E-state index < -0.39 is 0 Å². The lowest BCUT2D eigenvalue weighted by molar-refractivity contribution is -0.123. The van der Waals surface area contributed by atoms with Crippen LogP contribution in [0.3, 0.4) is 0 Å². The van der Waals surface area contributed by atoms with Crippen molar-refractivity contribution in [2.45, 2.75) is 46.1 Å². The zero-order valence-corrected chi connectivity index (χ0v) is 19.4. The minimum Gasteiger partial charge on any atom is -0.369 e. The maximum atomic E-state index is 11.4. The summed E-state index contributed by atoms with van der Waals surface area (Å²) in [4.78, 5) is 18.3. The maximum Gasteiger partial charge on any atom is 0.221 e. The third kappa shape index (κ3) is 8.29. The summed E-state index contributed by atoms with van der Waals surface area (Å²) in [6, 6.07) is 0. The Bertz CT molecular complexity index is 606. The standard InChI is InChI=1S/C18H34N8O.HI/c1-3-16-24-23-14-26(16)12-9-22-18(20-4-2)21-8-6-11-25-10-5-7-15(13-25)17(19)27;/h14-15H,3-13H2,1-2H3,(H2,19,27)(H2,20,21,22);1H. The molecular weight excluding hydrogens is 471 g/mol. The second-order valence-electron chi connectivity index (χ2n) is 6.88. The molecule has 1 aliphatic heterocycles. The Labute approximate surface area is 184 Å². The van der Waals surface area contributed by atoms with Crippen molar-refractivity contribution in [1.82, 2.24) is 30.3 Å². The van der Waals surface area contributed by atoms with Crippen molar-refractivity contribution in [3.63, 3.8) is 0 Å². The van der Waals surface area contributed by atoms with Crippen molar-refractivity contribution in [1.29, 1.82) is 0 Å². The quantitative estimate of drug-likeness (QED) is 0.186. The van der Waals surface area contributed by atoms with E-state index in [1.165, 1.54) is 0 Å². The van der Waals surface area contributed by atoms with E-state index >= 15 is 0 Å². The van der Waals surface area contributed by atoms with Crippen molar-refractivity contribution in [2.24, 2.45) is 16.6 Å². The SMILES string of the molecule is CCNC(=NCCCN1CCCC(C(N)=O)C1)NCCn1cnnc1CC.I. The van der Waals surface area contributed by atoms with Gasteiger partial charge in [0.1, 0.15) is 12.2 Å². The first-order valence-electron chi connectivity index (χ1n) is 10.0. The fourth-order valence-electron chi connectivity index (χ4n) is 3.35. The van der Waals surface area contributed by atoms with Crippen LogP contribution in [0.4, 0.5) is 0 Å². The Hall–Kier alpha value is -1.43. The lowest BCUT2D eigenvalue weighted by Crippen LogP contribution is -2.41. The maximum absolute atomic E-state index is 11.4. The van der Waals surface area contributed by atoms with Gasteiger partial charge < -0.3 is 25.8 Å². The monoisotopic (exact) mass is 506 g/mol. The first-order chi connectivity index (χ1) is 13.1. The lowest BCUT2D eigenvalue weighted by atomic mass is 9.97. The van der Waals surface area contributed by atoms with Crippen LogP contribution in [0.15, 0.2) is 11.3 Å². The number of halogens is 1. The number of hydrogen-bond acceptors (Lipinski definition) is 5. The van der Waals surface area contributed by atoms with Crippen LogP contribution in [0.5, 0.6) is 0 Å². The van der Waals surface area contributed by atoms with Gasteiger partial charge in [0, 0.05) is 39.1 Å². The fourth-order valence-corrected chi connectivity index (χ4v) is 3.35. The number of piperidine rings is 1. The molecule has 2 heterocycles. The molecule has 0 saturated carbocycles. The van der Waals surface area contributed by atoms with Crippen LogP contribution in [-0.2, 0) is 17.8 Å². The third-order valence-electron chi connectivity index (χ3n) is 4.81. The highest BCUT2D eigenvalue weighted by Gasteiger charge is 2.23. The van der Waals surface area contributed by atoms with E-state index in [4.69, 9.17) is 5.73 Å². The molecule has 160 valence electrons. The Morgan fingerprint density at radius 3 is 2.89 bits per heavy atom. The van der Waals surface area contributed by atoms with E-state index in [0.29, 0.717) is 0 Å². The number of carbonyl (C=O) groups is 1. The summed E-state index contributed by atoms with van der Waals surface area (Å²) < 4.78 is 2.06. The molecule has 1 aromatic heterocycles. The number of nitrogens with zero attached hydrogens (tertiary/aromatic N) is 5. The number of aryl methyl sites for hydroxylation is 1. The Morgan fingerprint density at radius 1 is 1.36 bits per heavy atom. The molecule has 1 saturated heterocycles. The first kappa shape index (κ1) is 24.6. The first-order valence-corrected chi connectivity index (χ1v) is 10.0. The van der Waals surface area contributed by atoms with Crippen LogP contribution >= 0.6 is 24.0 Å². The molecular formula is C18H35IN8O. The van der Waals surface area contributed by atoms with E-state index in [1.54, 1.807) is 6.33 Å². The van der Waals surface area contributed by atoms with Crippen LogP contribution in [-0.4, -0.2) is 70.8 Å². The van der Waals surface area contributed by atoms with Gasteiger partial charge in [-0.1, -0.05) is 6.92 Å². The van der Waals surface area contributed by atoms with Crippen LogP contribution in [0.2, 0.25) is 0 Å². The van der Waals surface area contributed by atoms with Crippen molar-refractivity contribution >= 4 is 35.8 Å². The smallest absolute Gasteiger partial charge is 0.221 e. The molecule has 1 fully saturated rings. The van der Waals surface area contributed by atoms with Crippen LogP contribution in [0.1, 0.15) is 38.9 Å². The number of hydrogen-bond donors (Lipinski definition) is 3. The minimum absolute atomic E-state index is 0. The fraction of sp³-hybridized carbons (Fsp3) is 0.778. The highest BCUT2D eigenvalue weighted by molar-refractivity contribution is 14.0. The predicted molar refractivity (Wildman–Crippen MR) is 122 cm³/mol. The highest BCUT2D eigenvalue weighted by atomic mass is 127. The average molecular weight is 506 g/mol. The van der Waals surface area contributed by atoms with Crippen LogP contribution in [0, 0.1) is 5.92 Å². The molecule has 4 N–H and O–H groups in total. The molecule has 9 nitrogen and oxygen atoms in total. The zero-order chi connectivity index (χ0) is 19.5. The summed E-state index contributed by atoms with van der Waals surface area (Å²) >= 11 is 0. The van der Waals surface area contributed by atoms with Gasteiger partial charge in [0.15, 0.2) is 5.96 Å². The Morgan fingerprint density at radius 2 is 2.18 bits per heavy atom. The van der Waals surface area contributed by atoms with Gasteiger partial charge in [-0.2, -0.15) is 0 Å². The molecule has 1 atom stereocenters. The Kier molecular flexibility index (Phi) is 12.0. The highest BCUT2D eigenvalue weighted by Crippen LogP contribution is 2.15. The molecule has 10 heteroatoms. The van der Waals surface area contributed by atoms with E-state index in [1.807, 2.05) is 0 Å². The van der Waals surface area contributed by atoms with Crippen LogP contribution in [0.25, 0.3) is 0 Å². The molecule has 1 aromatic rings. The van der Waals surface area contributed by atoms with Gasteiger partial charge in [-0.05, 0) is 39.3 Å². The van der Waals surface area contributed by atoms with Crippen molar-refractivity contribution in [2.75, 3.05) is 39.3 Å². The summed E-state index contributed by atoms with van der Waals surface area (Å²) in [7, 11) is 0. The van der Waals surface area contributed by atoms with Crippen molar-refractivity contribution < 1.29 is 4.79 Å². The van der Waals surface area contributed by atoms with Gasteiger partial charge in [0.05, 0.1) is 5.92 Å². The van der Waals surface area contributed by atoms with Gasteiger partial charge in [-0.15, -0.1) is 34.2 Å². The molecule has 28 heavy (non-hydrogen) atoms. The Balaban J connectivity index is 0.00000392. The molecule has 1 aliphatic rings. The topological polar surface area (TPSA) is 113 Å². The van der Waals surface area contributed by atoms with E-state index in [9.17, 15) is 4.79 Å². The molecule has 1 amide bonds. The number of primary amides is 1. The molecule has 0 radical (unpaired) electrons. The molecule has 0 aliphatic carbocycles. The van der Waals surface area contributed by atoms with Gasteiger partial charge >= 0.3 is 0 Å². The number of carbonyl (C=O) groups excluding carboxylic acids is 1. The largest absolute Gasteiger partial charge is 0.369 e. The number of amides is 1. The molecule has 0 aromatic carbocycles. The van der Waals surface area contributed by atoms with Crippen molar-refractivity contribution in [3.05, 3.63) is 12.2 Å². The van der Waals surface area contributed by atoms with Crippen LogP contribution < -0.4 is 16.4 Å². The summed E-state index contributed by atoms with van der Waals surface area (Å²) in [5.41, 5.74) is 5.44. The van der Waals surface area contributed by atoms with Gasteiger partial charge in [0.2, 0.25) is 5.91 Å². The number of nitrogens with two attached hydrogens (primary N) is 1. The van der Waals surface area contributed by atoms with E-state index in [0.717, 1.165) is 83.3 Å². The molecule has 0 spiro atoms. The third-order valence-corrected chi connectivity index (χ3v) is 4.81. The summed E-state index contributed by atoms with van der Waals surface area (Å²) in [6.07, 6.45) is 5.58. The zero-order valence-electron chi connectivity index (χ0n) is 17.1. The van der Waals surface area contributed by atoms with Gasteiger partial charge in [-0.25, -0.2) is 0 Å². The molecule has 2 rings (SSSR count). The average Bonchev–Trinajstić information content (AvgIpc) is 3.13. The minimum atomic E-state index is -0.171. The molecule has 1 unspecified atom stereocenters. The number of guanidine groups is 1. The number of likely N-dealkylation sites (tertiary alicyclic amines) is 1. The number of aliphatic imine (C=N–C) groups is 1. The van der Waals surface area contributed by atoms with E-state index in [2.05, 4.69) is 49.1 Å². The summed E-state index contributed by atoms with van der Waals surface area (Å²) in [6.45, 7) is 10.1. The summed E-state index contributed by atoms with van der Waals surface area (Å²) in [5, 5.41) is 14.7. The normalized spacial score (nSPS) is 17.8. The second kappa shape index (κ2) is 13.7. The van der Waals surface area contributed by atoms with Gasteiger partial charge in [-0.3, -0.25) is 9.79 Å². The predicted octanol–water partition coefficient (Wildman–Crippen LogP) is 0.601. The number of rotatable bonds is 10. The van der Waals surface area contributed by atoms with Gasteiger partial charge in [0.25, 0.3) is 0 Å².